The molecule has 0 bridgehead atoms. The number of carbonyl (C=O) groups is 2. The maximum atomic E-state index is 12.4. The fraction of sp³-hybridized carbons (Fsp3) is 0.333. The molecule has 0 heterocycles. The Balaban J connectivity index is 2.08. The van der Waals surface area contributed by atoms with E-state index in [2.05, 4.69) is 20.7 Å². The van der Waals surface area contributed by atoms with E-state index in [1.54, 1.807) is 6.92 Å². The van der Waals surface area contributed by atoms with Gasteiger partial charge >= 0.3 is 5.97 Å². The number of carbonyl (C=O) groups excluding carboxylic acids is 2. The van der Waals surface area contributed by atoms with Gasteiger partial charge in [0.25, 0.3) is 0 Å². The van der Waals surface area contributed by atoms with Gasteiger partial charge in [-0.3, -0.25) is 9.59 Å². The van der Waals surface area contributed by atoms with E-state index in [9.17, 15) is 9.59 Å². The molecule has 1 amide bonds. The average molecular weight is 460 g/mol. The highest BCUT2D eigenvalue weighted by Crippen LogP contribution is 2.18. The zero-order valence-corrected chi connectivity index (χ0v) is 19.5. The Kier molecular flexibility index (Phi) is 9.88. The van der Waals surface area contributed by atoms with Gasteiger partial charge < -0.3 is 25.4 Å². The lowest BCUT2D eigenvalue weighted by molar-refractivity contribution is -0.144. The predicted octanol–water partition coefficient (Wildman–Crippen LogP) is 4.10. The molecule has 0 aliphatic carbocycles. The van der Waals surface area contributed by atoms with Gasteiger partial charge in [-0.2, -0.15) is 0 Å². The van der Waals surface area contributed by atoms with Gasteiger partial charge in [-0.1, -0.05) is 30.7 Å². The number of hydrogen-bond donors (Lipinski definition) is 3. The van der Waals surface area contributed by atoms with Gasteiger partial charge in [0.1, 0.15) is 11.6 Å². The molecule has 0 aliphatic rings. The molecular formula is C24H30ClN3O4. The van der Waals surface area contributed by atoms with Crippen LogP contribution in [0.4, 0.5) is 5.69 Å². The number of ether oxygens (including phenoxy) is 2. The van der Waals surface area contributed by atoms with E-state index in [1.165, 1.54) is 13.2 Å². The highest BCUT2D eigenvalue weighted by atomic mass is 35.5. The molecule has 0 saturated carbocycles. The molecule has 3 N–H and O–H groups in total. The van der Waals surface area contributed by atoms with E-state index in [4.69, 9.17) is 16.3 Å². The third kappa shape index (κ3) is 8.89. The van der Waals surface area contributed by atoms with Crippen LogP contribution in [0.25, 0.3) is 0 Å². The summed E-state index contributed by atoms with van der Waals surface area (Å²) in [4.78, 5) is 24.0. The predicted molar refractivity (Wildman–Crippen MR) is 126 cm³/mol. The fourth-order valence-corrected chi connectivity index (χ4v) is 2.82. The van der Waals surface area contributed by atoms with Gasteiger partial charge in [0.2, 0.25) is 5.91 Å². The lowest BCUT2D eigenvalue weighted by Gasteiger charge is -2.16. The third-order valence-corrected chi connectivity index (χ3v) is 4.61. The number of rotatable bonds is 11. The maximum absolute atomic E-state index is 12.4. The first-order valence-electron chi connectivity index (χ1n) is 10.4. The number of esters is 1. The van der Waals surface area contributed by atoms with Crippen LogP contribution in [0.2, 0.25) is 5.02 Å². The van der Waals surface area contributed by atoms with Crippen LogP contribution < -0.4 is 20.7 Å². The van der Waals surface area contributed by atoms with Crippen molar-refractivity contribution >= 4 is 29.2 Å². The smallest absolute Gasteiger partial charge is 0.310 e. The van der Waals surface area contributed by atoms with E-state index in [0.29, 0.717) is 17.4 Å². The molecule has 0 fully saturated rings. The van der Waals surface area contributed by atoms with E-state index < -0.39 is 5.92 Å². The summed E-state index contributed by atoms with van der Waals surface area (Å²) in [5.41, 5.74) is 1.79. The Bertz CT molecular complexity index is 912. The molecule has 32 heavy (non-hydrogen) atoms. The summed E-state index contributed by atoms with van der Waals surface area (Å²) < 4.78 is 10.3. The number of anilines is 1. The van der Waals surface area contributed by atoms with Crippen molar-refractivity contribution in [2.45, 2.75) is 33.4 Å². The first-order chi connectivity index (χ1) is 15.3. The van der Waals surface area contributed by atoms with E-state index in [-0.39, 0.29) is 24.5 Å². The Morgan fingerprint density at radius 1 is 1.00 bits per heavy atom. The molecule has 0 aliphatic heterocycles. The lowest BCUT2D eigenvalue weighted by Crippen LogP contribution is -2.32. The number of benzene rings is 2. The van der Waals surface area contributed by atoms with Crippen LogP contribution in [-0.4, -0.2) is 31.6 Å². The summed E-state index contributed by atoms with van der Waals surface area (Å²) in [6, 6.07) is 14.9. The second-order valence-electron chi connectivity index (χ2n) is 7.52. The van der Waals surface area contributed by atoms with Crippen LogP contribution in [0.1, 0.15) is 26.3 Å². The van der Waals surface area contributed by atoms with Gasteiger partial charge in [-0.05, 0) is 55.8 Å². The largest absolute Gasteiger partial charge is 0.491 e. The summed E-state index contributed by atoms with van der Waals surface area (Å²) in [6.45, 7) is 6.28. The van der Waals surface area contributed by atoms with Gasteiger partial charge in [0, 0.05) is 29.9 Å². The summed E-state index contributed by atoms with van der Waals surface area (Å²) in [6.07, 6.45) is 1.50. The molecule has 0 aromatic heterocycles. The van der Waals surface area contributed by atoms with Crippen molar-refractivity contribution in [3.63, 3.8) is 0 Å². The molecular weight excluding hydrogens is 430 g/mol. The number of hydrogen-bond acceptors (Lipinski definition) is 6. The minimum absolute atomic E-state index is 0.0846. The molecule has 2 rings (SSSR count). The molecule has 0 unspecified atom stereocenters. The van der Waals surface area contributed by atoms with Crippen molar-refractivity contribution in [2.75, 3.05) is 19.0 Å². The van der Waals surface area contributed by atoms with Crippen LogP contribution in [0.5, 0.6) is 5.75 Å². The zero-order chi connectivity index (χ0) is 23.5. The Labute approximate surface area is 194 Å². The second kappa shape index (κ2) is 12.6. The fourth-order valence-electron chi connectivity index (χ4n) is 2.70. The Hall–Kier alpha value is -3.19. The average Bonchev–Trinajstić information content (AvgIpc) is 2.77. The van der Waals surface area contributed by atoms with Crippen molar-refractivity contribution in [1.29, 1.82) is 0 Å². The van der Waals surface area contributed by atoms with Gasteiger partial charge in [-0.15, -0.1) is 0 Å². The SMILES string of the molecule is COC(=O)[C@@H](C)CNC(=O)/C=C(\NCc1ccc(Cl)cc1)Nc1ccc(OC(C)C)cc1. The monoisotopic (exact) mass is 459 g/mol. The third-order valence-electron chi connectivity index (χ3n) is 4.36. The van der Waals surface area contributed by atoms with Crippen molar-refractivity contribution in [2.24, 2.45) is 5.92 Å². The van der Waals surface area contributed by atoms with Crippen molar-refractivity contribution in [3.8, 4) is 5.75 Å². The number of amides is 1. The molecule has 172 valence electrons. The minimum atomic E-state index is -0.440. The van der Waals surface area contributed by atoms with Crippen LogP contribution in [0.15, 0.2) is 60.4 Å². The highest BCUT2D eigenvalue weighted by Gasteiger charge is 2.14. The van der Waals surface area contributed by atoms with Gasteiger partial charge in [0.05, 0.1) is 19.1 Å². The lowest BCUT2D eigenvalue weighted by atomic mass is 10.2. The molecule has 8 heteroatoms. The van der Waals surface area contributed by atoms with E-state index in [1.807, 2.05) is 62.4 Å². The van der Waals surface area contributed by atoms with Gasteiger partial charge in [-0.25, -0.2) is 0 Å². The van der Waals surface area contributed by atoms with Crippen LogP contribution in [0.3, 0.4) is 0 Å². The number of methoxy groups -OCH3 is 1. The normalized spacial score (nSPS) is 12.1. The quantitative estimate of drug-likeness (QED) is 0.346. The van der Waals surface area contributed by atoms with Crippen LogP contribution in [-0.2, 0) is 20.9 Å². The molecule has 1 atom stereocenters. The first kappa shape index (κ1) is 25.1. The molecule has 0 spiro atoms. The summed E-state index contributed by atoms with van der Waals surface area (Å²) in [5, 5.41) is 9.81. The minimum Gasteiger partial charge on any atom is -0.491 e. The van der Waals surface area contributed by atoms with E-state index >= 15 is 0 Å². The maximum Gasteiger partial charge on any atom is 0.310 e. The Morgan fingerprint density at radius 3 is 2.25 bits per heavy atom. The summed E-state index contributed by atoms with van der Waals surface area (Å²) in [5.74, 6) is 0.105. The summed E-state index contributed by atoms with van der Waals surface area (Å²) >= 11 is 5.95. The standard InChI is InChI=1S/C24H30ClN3O4/c1-16(2)32-21-11-9-20(10-12-21)28-22(26-15-18-5-7-19(25)8-6-18)13-23(29)27-14-17(3)24(30)31-4/h5-13,16-17,26,28H,14-15H2,1-4H3,(H,27,29)/b22-13+/t17-/m0/s1. The highest BCUT2D eigenvalue weighted by molar-refractivity contribution is 6.30. The molecule has 2 aromatic rings. The Morgan fingerprint density at radius 2 is 1.66 bits per heavy atom. The molecule has 0 saturated heterocycles. The number of halogens is 1. The number of nitrogens with one attached hydrogen (secondary N) is 3. The first-order valence-corrected chi connectivity index (χ1v) is 10.7. The van der Waals surface area contributed by atoms with Crippen molar-refractivity contribution < 1.29 is 19.1 Å². The molecule has 2 aromatic carbocycles. The van der Waals surface area contributed by atoms with E-state index in [0.717, 1.165) is 17.0 Å². The van der Waals surface area contributed by atoms with Gasteiger partial charge in [0.15, 0.2) is 0 Å². The topological polar surface area (TPSA) is 88.7 Å². The second-order valence-corrected chi connectivity index (χ2v) is 7.96. The molecule has 0 radical (unpaired) electrons. The van der Waals surface area contributed by atoms with Crippen LogP contribution >= 0.6 is 11.6 Å². The van der Waals surface area contributed by atoms with Crippen LogP contribution in [0, 0.1) is 5.92 Å². The van der Waals surface area contributed by atoms with Crippen molar-refractivity contribution in [3.05, 3.63) is 71.0 Å². The summed E-state index contributed by atoms with van der Waals surface area (Å²) in [7, 11) is 1.32. The zero-order valence-electron chi connectivity index (χ0n) is 18.8. The molecule has 7 nitrogen and oxygen atoms in total. The van der Waals surface area contributed by atoms with Crippen molar-refractivity contribution in [1.82, 2.24) is 10.6 Å².